The molecule has 0 spiro atoms. The van der Waals surface area contributed by atoms with Crippen LogP contribution in [0.2, 0.25) is 0 Å². The van der Waals surface area contributed by atoms with Gasteiger partial charge in [0.25, 0.3) is 0 Å². The topological polar surface area (TPSA) is 12.4 Å². The smallest absolute Gasteiger partial charge is 0.107 e. The summed E-state index contributed by atoms with van der Waals surface area (Å²) in [6, 6.07) is 1.16. The van der Waals surface area contributed by atoms with E-state index in [1.54, 1.807) is 0 Å². The Kier molecular flexibility index (Phi) is 4.87. The maximum Gasteiger partial charge on any atom is 0.107 e. The van der Waals surface area contributed by atoms with Crippen LogP contribution in [0.15, 0.2) is 16.6 Å². The van der Waals surface area contributed by atoms with Crippen LogP contribution in [0.1, 0.15) is 41.5 Å². The van der Waals surface area contributed by atoms with Crippen molar-refractivity contribution < 1.29 is 0 Å². The lowest BCUT2D eigenvalue weighted by Crippen LogP contribution is -2.12. The molecule has 0 aromatic rings. The molecule has 1 rings (SSSR count). The van der Waals surface area contributed by atoms with E-state index in [4.69, 9.17) is 0 Å². The second-order valence-corrected chi connectivity index (χ2v) is 2.98. The molecular formula is C11H20N. The van der Waals surface area contributed by atoms with E-state index in [1.807, 2.05) is 13.8 Å². The molecule has 0 saturated heterocycles. The highest BCUT2D eigenvalue weighted by Crippen LogP contribution is 2.22. The average Bonchev–Trinajstić information content (AvgIpc) is 2.05. The molecule has 12 heavy (non-hydrogen) atoms. The molecule has 0 aliphatic carbocycles. The fourth-order valence-corrected chi connectivity index (χ4v) is 1.07. The van der Waals surface area contributed by atoms with Crippen molar-refractivity contribution >= 4 is 5.71 Å². The van der Waals surface area contributed by atoms with Gasteiger partial charge in [0, 0.05) is 11.6 Å². The van der Waals surface area contributed by atoms with Gasteiger partial charge < -0.3 is 0 Å². The second kappa shape index (κ2) is 5.13. The van der Waals surface area contributed by atoms with Gasteiger partial charge in [-0.25, -0.2) is 0 Å². The first-order valence-corrected chi connectivity index (χ1v) is 4.69. The number of allylic oxidation sites excluding steroid dienone is 1. The zero-order valence-corrected chi connectivity index (χ0v) is 9.10. The first-order chi connectivity index (χ1) is 5.61. The summed E-state index contributed by atoms with van der Waals surface area (Å²) < 4.78 is 0. The van der Waals surface area contributed by atoms with E-state index in [2.05, 4.69) is 38.8 Å². The first-order valence-electron chi connectivity index (χ1n) is 4.69. The Morgan fingerprint density at radius 3 is 2.08 bits per heavy atom. The van der Waals surface area contributed by atoms with Gasteiger partial charge in [-0.2, -0.15) is 0 Å². The van der Waals surface area contributed by atoms with Crippen molar-refractivity contribution in [1.29, 1.82) is 0 Å². The van der Waals surface area contributed by atoms with Gasteiger partial charge in [0.2, 0.25) is 0 Å². The van der Waals surface area contributed by atoms with Crippen LogP contribution < -0.4 is 0 Å². The molecule has 0 fully saturated rings. The van der Waals surface area contributed by atoms with Crippen molar-refractivity contribution in [2.75, 3.05) is 0 Å². The molecule has 0 aromatic heterocycles. The number of nitrogens with zero attached hydrogens (tertiary/aromatic N) is 1. The molecule has 0 N–H and O–H groups in total. The summed E-state index contributed by atoms with van der Waals surface area (Å²) >= 11 is 0. The fraction of sp³-hybridized carbons (Fsp3) is 0.636. The first kappa shape index (κ1) is 11.4. The van der Waals surface area contributed by atoms with Crippen molar-refractivity contribution in [2.24, 2.45) is 10.9 Å². The van der Waals surface area contributed by atoms with Crippen LogP contribution >= 0.6 is 0 Å². The third kappa shape index (κ3) is 2.80. The van der Waals surface area contributed by atoms with E-state index < -0.39 is 0 Å². The average molecular weight is 166 g/mol. The molecule has 1 atom stereocenters. The molecule has 0 aromatic carbocycles. The highest BCUT2D eigenvalue weighted by atomic mass is 14.8. The van der Waals surface area contributed by atoms with E-state index in [0.29, 0.717) is 5.92 Å². The zero-order valence-electron chi connectivity index (χ0n) is 9.10. The van der Waals surface area contributed by atoms with Crippen molar-refractivity contribution in [2.45, 2.75) is 41.5 Å². The van der Waals surface area contributed by atoms with E-state index in [9.17, 15) is 0 Å². The monoisotopic (exact) mass is 166 g/mol. The van der Waals surface area contributed by atoms with E-state index in [-0.39, 0.29) is 0 Å². The molecule has 1 aliphatic heterocycles. The number of aliphatic imine (C=N–C) groups is 1. The lowest BCUT2D eigenvalue weighted by molar-refractivity contribution is 0.891. The van der Waals surface area contributed by atoms with E-state index in [0.717, 1.165) is 6.04 Å². The summed E-state index contributed by atoms with van der Waals surface area (Å²) in [5.41, 5.74) is 2.54. The van der Waals surface area contributed by atoms with Gasteiger partial charge in [-0.05, 0) is 26.3 Å². The molecule has 1 aliphatic rings. The van der Waals surface area contributed by atoms with Crippen molar-refractivity contribution in [3.8, 4) is 0 Å². The van der Waals surface area contributed by atoms with Crippen molar-refractivity contribution in [3.05, 3.63) is 17.7 Å². The van der Waals surface area contributed by atoms with Gasteiger partial charge in [0.05, 0.1) is 0 Å². The summed E-state index contributed by atoms with van der Waals surface area (Å²) in [6.07, 6.45) is 2.26. The Morgan fingerprint density at radius 2 is 1.67 bits per heavy atom. The highest BCUT2D eigenvalue weighted by molar-refractivity contribution is 5.87. The van der Waals surface area contributed by atoms with Crippen LogP contribution in [-0.2, 0) is 0 Å². The van der Waals surface area contributed by atoms with Crippen LogP contribution in [0, 0.1) is 12.0 Å². The van der Waals surface area contributed by atoms with Gasteiger partial charge in [0.1, 0.15) is 6.04 Å². The Balaban J connectivity index is 0.000000561. The molecule has 1 heteroatoms. The van der Waals surface area contributed by atoms with Crippen LogP contribution in [0.25, 0.3) is 0 Å². The van der Waals surface area contributed by atoms with Crippen LogP contribution in [-0.4, -0.2) is 5.71 Å². The predicted molar refractivity (Wildman–Crippen MR) is 56.3 cm³/mol. The maximum atomic E-state index is 4.41. The van der Waals surface area contributed by atoms with E-state index in [1.165, 1.54) is 11.3 Å². The Labute approximate surface area is 76.6 Å². The van der Waals surface area contributed by atoms with Gasteiger partial charge in [-0.1, -0.05) is 26.8 Å². The number of rotatable bonds is 0. The number of hydrogen-bond acceptors (Lipinski definition) is 1. The Hall–Kier alpha value is -0.590. The molecule has 1 heterocycles. The predicted octanol–water partition coefficient (Wildman–Crippen LogP) is 3.62. The second-order valence-electron chi connectivity index (χ2n) is 2.98. The normalized spacial score (nSPS) is 23.7. The summed E-state index contributed by atoms with van der Waals surface area (Å²) in [6.45, 7) is 12.4. The third-order valence-corrected chi connectivity index (χ3v) is 2.07. The SMILES string of the molecule is CC.C[C]1N=C(C)C(C)C=C1C. The van der Waals surface area contributed by atoms with Gasteiger partial charge in [-0.3, -0.25) is 4.99 Å². The van der Waals surface area contributed by atoms with Gasteiger partial charge in [-0.15, -0.1) is 0 Å². The highest BCUT2D eigenvalue weighted by Gasteiger charge is 2.13. The molecule has 0 amide bonds. The number of dihydropyridines is 1. The fourth-order valence-electron chi connectivity index (χ4n) is 1.07. The summed E-state index contributed by atoms with van der Waals surface area (Å²) in [7, 11) is 0. The zero-order chi connectivity index (χ0) is 9.72. The third-order valence-electron chi connectivity index (χ3n) is 2.07. The largest absolute Gasteiger partial charge is 0.280 e. The van der Waals surface area contributed by atoms with Crippen LogP contribution in [0.3, 0.4) is 0 Å². The molecule has 69 valence electrons. The Bertz CT molecular complexity index is 167. The Morgan fingerprint density at radius 1 is 1.17 bits per heavy atom. The standard InChI is InChI=1S/C9H14N.C2H6/c1-6-5-7(2)9(4)10-8(6)3;1-2/h5-6H,1-4H3;1-2H3. The van der Waals surface area contributed by atoms with Crippen molar-refractivity contribution in [1.82, 2.24) is 0 Å². The van der Waals surface area contributed by atoms with Crippen LogP contribution in [0.4, 0.5) is 0 Å². The molecule has 0 saturated carbocycles. The van der Waals surface area contributed by atoms with Gasteiger partial charge in [0.15, 0.2) is 0 Å². The quantitative estimate of drug-likeness (QED) is 0.521. The lowest BCUT2D eigenvalue weighted by Gasteiger charge is -2.18. The van der Waals surface area contributed by atoms with Crippen molar-refractivity contribution in [3.63, 3.8) is 0 Å². The summed E-state index contributed by atoms with van der Waals surface area (Å²) in [5.74, 6) is 0.531. The molecule has 1 unspecified atom stereocenters. The molecular weight excluding hydrogens is 146 g/mol. The minimum atomic E-state index is 0.531. The maximum absolute atomic E-state index is 4.41. The molecule has 1 radical (unpaired) electrons. The molecule has 1 nitrogen and oxygen atoms in total. The summed E-state index contributed by atoms with van der Waals surface area (Å²) in [4.78, 5) is 4.41. The summed E-state index contributed by atoms with van der Waals surface area (Å²) in [5, 5.41) is 0. The minimum Gasteiger partial charge on any atom is -0.280 e. The van der Waals surface area contributed by atoms with Crippen LogP contribution in [0.5, 0.6) is 0 Å². The molecule has 0 bridgehead atoms. The number of hydrogen-bond donors (Lipinski definition) is 0. The lowest BCUT2D eigenvalue weighted by atomic mass is 9.97. The minimum absolute atomic E-state index is 0.531. The van der Waals surface area contributed by atoms with E-state index >= 15 is 0 Å². The van der Waals surface area contributed by atoms with Gasteiger partial charge >= 0.3 is 0 Å².